The summed E-state index contributed by atoms with van der Waals surface area (Å²) in [7, 11) is 0. The van der Waals surface area contributed by atoms with E-state index in [0.717, 1.165) is 0 Å². The number of rotatable bonds is 6. The fraction of sp³-hybridized carbons (Fsp3) is 0.294. The van der Waals surface area contributed by atoms with Crippen LogP contribution in [0.3, 0.4) is 0 Å². The lowest BCUT2D eigenvalue weighted by molar-refractivity contribution is -0.384. The highest BCUT2D eigenvalue weighted by molar-refractivity contribution is 6.33. The first-order valence-electron chi connectivity index (χ1n) is 8.00. The first kappa shape index (κ1) is 19.0. The van der Waals surface area contributed by atoms with Crippen LogP contribution in [0.25, 0.3) is 11.3 Å². The van der Waals surface area contributed by atoms with Crippen molar-refractivity contribution in [2.75, 3.05) is 13.2 Å². The summed E-state index contributed by atoms with van der Waals surface area (Å²) < 4.78 is 16.3. The van der Waals surface area contributed by atoms with Crippen LogP contribution in [-0.4, -0.2) is 36.0 Å². The molecule has 0 atom stereocenters. The minimum atomic E-state index is -0.926. The van der Waals surface area contributed by atoms with E-state index < -0.39 is 10.7 Å². The zero-order chi connectivity index (χ0) is 19.4. The van der Waals surface area contributed by atoms with Crippen molar-refractivity contribution in [3.05, 3.63) is 51.2 Å². The Morgan fingerprint density at radius 1 is 1.37 bits per heavy atom. The van der Waals surface area contributed by atoms with Crippen LogP contribution in [0.4, 0.5) is 5.69 Å². The number of halogens is 1. The first-order chi connectivity index (χ1) is 12.9. The van der Waals surface area contributed by atoms with Gasteiger partial charge >= 0.3 is 0 Å². The summed E-state index contributed by atoms with van der Waals surface area (Å²) in [6, 6.07) is 7.38. The number of hydrogen-bond donors (Lipinski definition) is 1. The molecule has 1 N–H and O–H groups in total. The normalized spacial score (nSPS) is 15.9. The van der Waals surface area contributed by atoms with E-state index in [2.05, 4.69) is 10.5 Å². The van der Waals surface area contributed by atoms with Crippen molar-refractivity contribution in [2.45, 2.75) is 19.1 Å². The Bertz CT molecular complexity index is 889. The van der Waals surface area contributed by atoms with Crippen LogP contribution in [-0.2, 0) is 14.3 Å². The van der Waals surface area contributed by atoms with E-state index in [1.54, 1.807) is 19.1 Å². The molecule has 27 heavy (non-hydrogen) atoms. The molecule has 1 aliphatic rings. The zero-order valence-electron chi connectivity index (χ0n) is 14.3. The molecule has 2 aromatic rings. The molecule has 1 aromatic heterocycles. The van der Waals surface area contributed by atoms with Crippen molar-refractivity contribution in [2.24, 2.45) is 5.10 Å². The van der Waals surface area contributed by atoms with Gasteiger partial charge in [0, 0.05) is 17.7 Å². The highest BCUT2D eigenvalue weighted by atomic mass is 35.5. The Morgan fingerprint density at radius 3 is 2.78 bits per heavy atom. The predicted molar refractivity (Wildman–Crippen MR) is 96.5 cm³/mol. The molecule has 0 aliphatic carbocycles. The molecule has 1 saturated heterocycles. The quantitative estimate of drug-likeness (QED) is 0.458. The van der Waals surface area contributed by atoms with Crippen molar-refractivity contribution in [3.63, 3.8) is 0 Å². The van der Waals surface area contributed by atoms with Gasteiger partial charge in [-0.15, -0.1) is 0 Å². The summed E-state index contributed by atoms with van der Waals surface area (Å²) in [5.41, 5.74) is 2.77. The van der Waals surface area contributed by atoms with Crippen LogP contribution in [0, 0.1) is 10.1 Å². The first-order valence-corrected chi connectivity index (χ1v) is 8.38. The van der Waals surface area contributed by atoms with E-state index >= 15 is 0 Å². The second-order valence-corrected chi connectivity index (χ2v) is 6.33. The number of hydrogen-bond acceptors (Lipinski definition) is 7. The molecule has 1 amide bonds. The van der Waals surface area contributed by atoms with E-state index in [1.165, 1.54) is 24.4 Å². The highest BCUT2D eigenvalue weighted by Crippen LogP contribution is 2.32. The van der Waals surface area contributed by atoms with Crippen LogP contribution in [0.1, 0.15) is 19.1 Å². The number of nitro groups is 1. The fourth-order valence-corrected chi connectivity index (χ4v) is 2.81. The van der Waals surface area contributed by atoms with Crippen LogP contribution < -0.4 is 5.43 Å². The summed E-state index contributed by atoms with van der Waals surface area (Å²) in [4.78, 5) is 22.1. The third-order valence-corrected chi connectivity index (χ3v) is 4.13. The van der Waals surface area contributed by atoms with Crippen LogP contribution >= 0.6 is 11.6 Å². The molecule has 0 bridgehead atoms. The molecular weight excluding hydrogens is 378 g/mol. The Labute approximate surface area is 159 Å². The van der Waals surface area contributed by atoms with Gasteiger partial charge in [0.2, 0.25) is 5.91 Å². The fourth-order valence-electron chi connectivity index (χ4n) is 2.54. The monoisotopic (exact) mass is 393 g/mol. The Morgan fingerprint density at radius 2 is 2.11 bits per heavy atom. The molecule has 1 aliphatic heterocycles. The van der Waals surface area contributed by atoms with Gasteiger partial charge in [-0.25, -0.2) is 5.43 Å². The smallest absolute Gasteiger partial charge is 0.270 e. The van der Waals surface area contributed by atoms with Crippen molar-refractivity contribution in [1.82, 2.24) is 5.43 Å². The molecule has 3 rings (SSSR count). The molecule has 0 unspecified atom stereocenters. The van der Waals surface area contributed by atoms with Gasteiger partial charge in [0.05, 0.1) is 35.8 Å². The predicted octanol–water partition coefficient (Wildman–Crippen LogP) is 3.11. The molecule has 0 saturated carbocycles. The maximum atomic E-state index is 11.9. The number of carbonyl (C=O) groups excluding carboxylic acids is 1. The van der Waals surface area contributed by atoms with Gasteiger partial charge in [0.25, 0.3) is 5.69 Å². The van der Waals surface area contributed by atoms with E-state index in [-0.39, 0.29) is 23.0 Å². The molecule has 2 heterocycles. The average Bonchev–Trinajstić information content (AvgIpc) is 3.24. The third-order valence-electron chi connectivity index (χ3n) is 3.82. The summed E-state index contributed by atoms with van der Waals surface area (Å²) in [6.45, 7) is 2.59. The summed E-state index contributed by atoms with van der Waals surface area (Å²) in [5.74, 6) is -0.493. The van der Waals surface area contributed by atoms with Gasteiger partial charge in [-0.1, -0.05) is 11.6 Å². The molecule has 10 heteroatoms. The summed E-state index contributed by atoms with van der Waals surface area (Å²) >= 11 is 6.08. The van der Waals surface area contributed by atoms with E-state index in [1.807, 2.05) is 0 Å². The molecule has 1 aromatic carbocycles. The lowest BCUT2D eigenvalue weighted by Gasteiger charge is -2.20. The number of furan rings is 1. The number of amides is 1. The molecule has 1 fully saturated rings. The van der Waals surface area contributed by atoms with Crippen LogP contribution in [0.5, 0.6) is 0 Å². The van der Waals surface area contributed by atoms with Gasteiger partial charge in [-0.05, 0) is 25.1 Å². The van der Waals surface area contributed by atoms with Crippen LogP contribution in [0.2, 0.25) is 5.02 Å². The topological polar surface area (TPSA) is 116 Å². The van der Waals surface area contributed by atoms with Gasteiger partial charge < -0.3 is 13.9 Å². The third kappa shape index (κ3) is 4.70. The lowest BCUT2D eigenvalue weighted by Crippen LogP contribution is -2.33. The average molecular weight is 394 g/mol. The van der Waals surface area contributed by atoms with Crippen LogP contribution in [0.15, 0.2) is 39.9 Å². The number of nitro benzene ring substituents is 1. The molecule has 0 radical (unpaired) electrons. The van der Waals surface area contributed by atoms with Crippen molar-refractivity contribution < 1.29 is 23.6 Å². The van der Waals surface area contributed by atoms with E-state index in [4.69, 9.17) is 25.5 Å². The molecule has 9 nitrogen and oxygen atoms in total. The standard InChI is InChI=1S/C17H16ClN3O6/c1-17(25-6-7-26-17)9-16(22)20-19-10-12-3-5-15(27-12)13-4-2-11(21(23)24)8-14(13)18/h2-5,8,10H,6-7,9H2,1H3,(H,20,22)/b19-10-. The lowest BCUT2D eigenvalue weighted by atomic mass is 10.1. The van der Waals surface area contributed by atoms with Gasteiger partial charge in [-0.2, -0.15) is 5.10 Å². The van der Waals surface area contributed by atoms with Crippen molar-refractivity contribution in [1.29, 1.82) is 0 Å². The minimum Gasteiger partial charge on any atom is -0.455 e. The second kappa shape index (κ2) is 7.87. The van der Waals surface area contributed by atoms with Crippen molar-refractivity contribution >= 4 is 29.4 Å². The maximum absolute atomic E-state index is 11.9. The number of ether oxygens (including phenoxy) is 2. The molecular formula is C17H16ClN3O6. The number of nitrogens with zero attached hydrogens (tertiary/aromatic N) is 2. The number of non-ortho nitro benzene ring substituents is 1. The number of benzene rings is 1. The number of nitrogens with one attached hydrogen (secondary N) is 1. The van der Waals surface area contributed by atoms with Crippen molar-refractivity contribution in [3.8, 4) is 11.3 Å². The number of hydrazone groups is 1. The summed E-state index contributed by atoms with van der Waals surface area (Å²) in [5, 5.41) is 14.8. The minimum absolute atomic E-state index is 0.0200. The second-order valence-electron chi connectivity index (χ2n) is 5.92. The zero-order valence-corrected chi connectivity index (χ0v) is 15.1. The maximum Gasteiger partial charge on any atom is 0.270 e. The van der Waals surface area contributed by atoms with Gasteiger partial charge in [-0.3, -0.25) is 14.9 Å². The largest absolute Gasteiger partial charge is 0.455 e. The Balaban J connectivity index is 1.61. The Hall–Kier alpha value is -2.75. The molecule has 0 spiro atoms. The Kier molecular flexibility index (Phi) is 5.54. The molecule has 142 valence electrons. The number of carbonyl (C=O) groups is 1. The highest BCUT2D eigenvalue weighted by Gasteiger charge is 2.33. The SMILES string of the molecule is CC1(CC(=O)N/N=C\c2ccc(-c3ccc([N+](=O)[O-])cc3Cl)o2)OCCO1. The van der Waals surface area contributed by atoms with Gasteiger partial charge in [0.1, 0.15) is 11.5 Å². The van der Waals surface area contributed by atoms with E-state index in [0.29, 0.717) is 30.3 Å². The van der Waals surface area contributed by atoms with Gasteiger partial charge in [0.15, 0.2) is 5.79 Å². The summed E-state index contributed by atoms with van der Waals surface area (Å²) in [6.07, 6.45) is 1.35. The van der Waals surface area contributed by atoms with E-state index in [9.17, 15) is 14.9 Å².